The molecule has 2 amide bonds. The van der Waals surface area contributed by atoms with Crippen LogP contribution in [0.1, 0.15) is 38.3 Å². The fraction of sp³-hybridized carbons (Fsp3) is 0.391. The molecule has 4 nitrogen and oxygen atoms in total. The molecule has 2 atom stereocenters. The molecule has 0 aliphatic carbocycles. The minimum atomic E-state index is -0.580. The molecule has 0 unspecified atom stereocenters. The predicted molar refractivity (Wildman–Crippen MR) is 127 cm³/mol. The standard InChI is InChI=1S/C23H28Cl2N2O2S/c1-4-16(2)26-23(29)17(3)27(13-18-9-11-20(24)12-10-18)22(28)15-30-14-19-7-5-6-8-21(19)25/h5-12,16-17H,4,13-15H2,1-3H3,(H,26,29)/t16-,17-/m1/s1. The highest BCUT2D eigenvalue weighted by molar-refractivity contribution is 7.99. The third-order valence-electron chi connectivity index (χ3n) is 4.88. The molecule has 7 heteroatoms. The summed E-state index contributed by atoms with van der Waals surface area (Å²) >= 11 is 13.7. The van der Waals surface area contributed by atoms with Crippen LogP contribution in [0, 0.1) is 0 Å². The van der Waals surface area contributed by atoms with Gasteiger partial charge >= 0.3 is 0 Å². The van der Waals surface area contributed by atoms with E-state index in [4.69, 9.17) is 23.2 Å². The Bertz CT molecular complexity index is 845. The lowest BCUT2D eigenvalue weighted by molar-refractivity contribution is -0.138. The maximum absolute atomic E-state index is 13.1. The van der Waals surface area contributed by atoms with Crippen LogP contribution in [0.15, 0.2) is 48.5 Å². The predicted octanol–water partition coefficient (Wildman–Crippen LogP) is 5.56. The summed E-state index contributed by atoms with van der Waals surface area (Å²) in [5.41, 5.74) is 1.91. The second kappa shape index (κ2) is 12.2. The molecular formula is C23H28Cl2N2O2S. The molecule has 0 saturated carbocycles. The summed E-state index contributed by atoms with van der Waals surface area (Å²) in [5.74, 6) is 0.657. The fourth-order valence-corrected chi connectivity index (χ4v) is 4.10. The highest BCUT2D eigenvalue weighted by Crippen LogP contribution is 2.22. The van der Waals surface area contributed by atoms with E-state index in [1.54, 1.807) is 24.0 Å². The molecule has 0 radical (unpaired) electrons. The van der Waals surface area contributed by atoms with E-state index >= 15 is 0 Å². The highest BCUT2D eigenvalue weighted by atomic mass is 35.5. The van der Waals surface area contributed by atoms with Crippen molar-refractivity contribution in [2.45, 2.75) is 51.6 Å². The van der Waals surface area contributed by atoms with Gasteiger partial charge in [0.1, 0.15) is 6.04 Å². The number of hydrogen-bond donors (Lipinski definition) is 1. The summed E-state index contributed by atoms with van der Waals surface area (Å²) in [6.45, 7) is 6.08. The largest absolute Gasteiger partial charge is 0.352 e. The van der Waals surface area contributed by atoms with E-state index in [-0.39, 0.29) is 23.6 Å². The number of carbonyl (C=O) groups excluding carboxylic acids is 2. The van der Waals surface area contributed by atoms with Crippen LogP contribution < -0.4 is 5.32 Å². The SMILES string of the molecule is CC[C@@H](C)NC(=O)[C@@H](C)N(Cc1ccc(Cl)cc1)C(=O)CSCc1ccccc1Cl. The molecule has 0 heterocycles. The average molecular weight is 467 g/mol. The Kier molecular flexibility index (Phi) is 10.0. The molecule has 0 spiro atoms. The summed E-state index contributed by atoms with van der Waals surface area (Å²) in [6.07, 6.45) is 0.831. The Morgan fingerprint density at radius 3 is 2.37 bits per heavy atom. The first-order valence-electron chi connectivity index (χ1n) is 9.97. The lowest BCUT2D eigenvalue weighted by Gasteiger charge is -2.29. The zero-order chi connectivity index (χ0) is 22.1. The van der Waals surface area contributed by atoms with Crippen molar-refractivity contribution >= 4 is 46.8 Å². The molecule has 0 saturated heterocycles. The number of halogens is 2. The summed E-state index contributed by atoms with van der Waals surface area (Å²) in [4.78, 5) is 27.4. The molecule has 1 N–H and O–H groups in total. The molecule has 2 aromatic carbocycles. The van der Waals surface area contributed by atoms with Gasteiger partial charge in [-0.15, -0.1) is 11.8 Å². The van der Waals surface area contributed by atoms with E-state index in [9.17, 15) is 9.59 Å². The van der Waals surface area contributed by atoms with Gasteiger partial charge in [-0.2, -0.15) is 0 Å². The first-order chi connectivity index (χ1) is 14.3. The monoisotopic (exact) mass is 466 g/mol. The van der Waals surface area contributed by atoms with Gasteiger partial charge in [0.15, 0.2) is 0 Å². The van der Waals surface area contributed by atoms with Crippen molar-refractivity contribution in [1.29, 1.82) is 0 Å². The van der Waals surface area contributed by atoms with Crippen molar-refractivity contribution in [2.24, 2.45) is 0 Å². The van der Waals surface area contributed by atoms with Gasteiger partial charge in [-0.1, -0.05) is 60.5 Å². The summed E-state index contributed by atoms with van der Waals surface area (Å²) in [6, 6.07) is 14.4. The van der Waals surface area contributed by atoms with Crippen molar-refractivity contribution in [3.63, 3.8) is 0 Å². The number of carbonyl (C=O) groups is 2. The molecule has 2 rings (SSSR count). The van der Waals surface area contributed by atoms with Crippen molar-refractivity contribution < 1.29 is 9.59 Å². The molecule has 162 valence electrons. The quantitative estimate of drug-likeness (QED) is 0.498. The van der Waals surface area contributed by atoms with Crippen LogP contribution in [0.25, 0.3) is 0 Å². The van der Waals surface area contributed by atoms with Gasteiger partial charge in [-0.25, -0.2) is 0 Å². The molecule has 30 heavy (non-hydrogen) atoms. The normalized spacial score (nSPS) is 12.8. The topological polar surface area (TPSA) is 49.4 Å². The first-order valence-corrected chi connectivity index (χ1v) is 11.9. The van der Waals surface area contributed by atoms with Crippen LogP contribution in [0.5, 0.6) is 0 Å². The van der Waals surface area contributed by atoms with Gasteiger partial charge in [0.25, 0.3) is 0 Å². The summed E-state index contributed by atoms with van der Waals surface area (Å²) in [7, 11) is 0. The smallest absolute Gasteiger partial charge is 0.242 e. The average Bonchev–Trinajstić information content (AvgIpc) is 2.73. The van der Waals surface area contributed by atoms with E-state index in [0.29, 0.717) is 22.3 Å². The maximum Gasteiger partial charge on any atom is 0.242 e. The number of hydrogen-bond acceptors (Lipinski definition) is 3. The summed E-state index contributed by atoms with van der Waals surface area (Å²) in [5, 5.41) is 4.30. The molecule has 0 bridgehead atoms. The molecule has 0 aliphatic rings. The number of benzene rings is 2. The Morgan fingerprint density at radius 1 is 1.07 bits per heavy atom. The first kappa shape index (κ1) is 24.6. The van der Waals surface area contributed by atoms with Crippen LogP contribution in [0.4, 0.5) is 0 Å². The van der Waals surface area contributed by atoms with Crippen LogP contribution in [0.2, 0.25) is 10.0 Å². The Hall–Kier alpha value is -1.69. The van der Waals surface area contributed by atoms with Gasteiger partial charge in [-0.3, -0.25) is 9.59 Å². The van der Waals surface area contributed by atoms with Crippen LogP contribution in [-0.4, -0.2) is 34.6 Å². The molecule has 0 aliphatic heterocycles. The molecule has 0 fully saturated rings. The zero-order valence-corrected chi connectivity index (χ0v) is 19.9. The fourth-order valence-electron chi connectivity index (χ4n) is 2.78. The lowest BCUT2D eigenvalue weighted by atomic mass is 10.1. The Morgan fingerprint density at radius 2 is 1.73 bits per heavy atom. The van der Waals surface area contributed by atoms with Crippen molar-refractivity contribution in [3.8, 4) is 0 Å². The van der Waals surface area contributed by atoms with E-state index in [1.165, 1.54) is 11.8 Å². The van der Waals surface area contributed by atoms with Gasteiger partial charge in [0.2, 0.25) is 11.8 Å². The Labute approximate surface area is 193 Å². The second-order valence-electron chi connectivity index (χ2n) is 7.23. The number of thioether (sulfide) groups is 1. The molecule has 2 aromatic rings. The molecular weight excluding hydrogens is 439 g/mol. The maximum atomic E-state index is 13.1. The minimum absolute atomic E-state index is 0.0574. The number of nitrogens with zero attached hydrogens (tertiary/aromatic N) is 1. The number of rotatable bonds is 10. The van der Waals surface area contributed by atoms with E-state index in [2.05, 4.69) is 5.32 Å². The Balaban J connectivity index is 2.08. The summed E-state index contributed by atoms with van der Waals surface area (Å²) < 4.78 is 0. The van der Waals surface area contributed by atoms with Gasteiger partial charge < -0.3 is 10.2 Å². The van der Waals surface area contributed by atoms with Gasteiger partial charge in [0.05, 0.1) is 5.75 Å². The minimum Gasteiger partial charge on any atom is -0.352 e. The van der Waals surface area contributed by atoms with Crippen molar-refractivity contribution in [3.05, 3.63) is 69.7 Å². The van der Waals surface area contributed by atoms with Gasteiger partial charge in [-0.05, 0) is 49.6 Å². The van der Waals surface area contributed by atoms with E-state index in [1.807, 2.05) is 50.2 Å². The lowest BCUT2D eigenvalue weighted by Crippen LogP contribution is -2.50. The zero-order valence-electron chi connectivity index (χ0n) is 17.5. The third-order valence-corrected chi connectivity index (χ3v) is 6.46. The van der Waals surface area contributed by atoms with Crippen LogP contribution in [-0.2, 0) is 21.9 Å². The number of nitrogens with one attached hydrogen (secondary N) is 1. The van der Waals surface area contributed by atoms with Crippen molar-refractivity contribution in [1.82, 2.24) is 10.2 Å². The molecule has 0 aromatic heterocycles. The van der Waals surface area contributed by atoms with E-state index in [0.717, 1.165) is 17.5 Å². The third kappa shape index (κ3) is 7.53. The number of amides is 2. The second-order valence-corrected chi connectivity index (χ2v) is 9.06. The van der Waals surface area contributed by atoms with Crippen LogP contribution >= 0.6 is 35.0 Å². The van der Waals surface area contributed by atoms with E-state index < -0.39 is 6.04 Å². The van der Waals surface area contributed by atoms with Crippen LogP contribution in [0.3, 0.4) is 0 Å². The van der Waals surface area contributed by atoms with Gasteiger partial charge in [0, 0.05) is 28.4 Å². The van der Waals surface area contributed by atoms with Crippen molar-refractivity contribution in [2.75, 3.05) is 5.75 Å². The highest BCUT2D eigenvalue weighted by Gasteiger charge is 2.26.